The summed E-state index contributed by atoms with van der Waals surface area (Å²) in [6.45, 7) is 2.21. The zero-order valence-electron chi connectivity index (χ0n) is 9.48. The third-order valence-corrected chi connectivity index (χ3v) is 3.99. The van der Waals surface area contributed by atoms with Crippen LogP contribution in [0.15, 0.2) is 5.38 Å². The minimum Gasteiger partial charge on any atom is -0.282 e. The second-order valence-corrected chi connectivity index (χ2v) is 5.31. The van der Waals surface area contributed by atoms with Crippen LogP contribution in [0, 0.1) is 5.92 Å². The van der Waals surface area contributed by atoms with Gasteiger partial charge in [0, 0.05) is 30.7 Å². The van der Waals surface area contributed by atoms with Gasteiger partial charge in [-0.2, -0.15) is 0 Å². The van der Waals surface area contributed by atoms with Crippen LogP contribution in [-0.4, -0.2) is 28.2 Å². The Morgan fingerprint density at radius 2 is 2.35 bits per heavy atom. The van der Waals surface area contributed by atoms with Gasteiger partial charge in [-0.25, -0.2) is 4.98 Å². The van der Waals surface area contributed by atoms with Crippen LogP contribution < -0.4 is 0 Å². The van der Waals surface area contributed by atoms with E-state index in [-0.39, 0.29) is 17.7 Å². The first-order valence-electron chi connectivity index (χ1n) is 5.45. The minimum absolute atomic E-state index is 0.0656. The van der Waals surface area contributed by atoms with Crippen LogP contribution in [0.25, 0.3) is 0 Å². The van der Waals surface area contributed by atoms with Crippen molar-refractivity contribution in [2.45, 2.75) is 25.6 Å². The van der Waals surface area contributed by atoms with E-state index in [1.165, 1.54) is 16.2 Å². The van der Waals surface area contributed by atoms with Crippen LogP contribution >= 0.6 is 22.9 Å². The molecule has 2 rings (SSSR count). The molecule has 1 aliphatic heterocycles. The molecule has 1 unspecified atom stereocenters. The first-order valence-corrected chi connectivity index (χ1v) is 6.86. The van der Waals surface area contributed by atoms with Crippen molar-refractivity contribution in [1.82, 2.24) is 9.88 Å². The van der Waals surface area contributed by atoms with Gasteiger partial charge in [0.25, 0.3) is 0 Å². The molecule has 2 amide bonds. The number of carbonyl (C=O) groups is 2. The summed E-state index contributed by atoms with van der Waals surface area (Å²) in [7, 11) is 0. The highest BCUT2D eigenvalue weighted by atomic mass is 35.5. The van der Waals surface area contributed by atoms with E-state index < -0.39 is 0 Å². The van der Waals surface area contributed by atoms with Gasteiger partial charge in [-0.15, -0.1) is 22.9 Å². The van der Waals surface area contributed by atoms with Crippen molar-refractivity contribution in [3.8, 4) is 0 Å². The van der Waals surface area contributed by atoms with Gasteiger partial charge >= 0.3 is 0 Å². The van der Waals surface area contributed by atoms with E-state index in [4.69, 9.17) is 11.6 Å². The van der Waals surface area contributed by atoms with Crippen molar-refractivity contribution in [3.63, 3.8) is 0 Å². The number of carbonyl (C=O) groups excluding carboxylic acids is 2. The molecule has 0 saturated carbocycles. The summed E-state index contributed by atoms with van der Waals surface area (Å²) in [5, 5.41) is 2.82. The summed E-state index contributed by atoms with van der Waals surface area (Å²) in [6, 6.07) is 0. The molecule has 1 saturated heterocycles. The fourth-order valence-electron chi connectivity index (χ4n) is 1.82. The first kappa shape index (κ1) is 12.5. The molecule has 0 radical (unpaired) electrons. The van der Waals surface area contributed by atoms with Crippen LogP contribution in [0.4, 0.5) is 0 Å². The van der Waals surface area contributed by atoms with Gasteiger partial charge in [0.15, 0.2) is 0 Å². The summed E-state index contributed by atoms with van der Waals surface area (Å²) < 4.78 is 0. The Hall–Kier alpha value is -0.940. The molecule has 4 nitrogen and oxygen atoms in total. The molecule has 0 aromatic carbocycles. The van der Waals surface area contributed by atoms with Crippen molar-refractivity contribution in [1.29, 1.82) is 0 Å². The highest BCUT2D eigenvalue weighted by molar-refractivity contribution is 7.09. The van der Waals surface area contributed by atoms with Crippen LogP contribution in [0.5, 0.6) is 0 Å². The SMILES string of the molecule is CC1CC(=O)N(CCc2nc(CCl)cs2)C1=O. The fraction of sp³-hybridized carbons (Fsp3) is 0.545. The molecule has 0 N–H and O–H groups in total. The molecule has 0 aliphatic carbocycles. The standard InChI is InChI=1S/C11H13ClN2O2S/c1-7-4-10(15)14(11(7)16)3-2-9-13-8(5-12)6-17-9/h6-7H,2-5H2,1H3. The largest absolute Gasteiger partial charge is 0.282 e. The number of likely N-dealkylation sites (tertiary alicyclic amines) is 1. The van der Waals surface area contributed by atoms with Gasteiger partial charge < -0.3 is 0 Å². The normalized spacial score (nSPS) is 20.4. The Kier molecular flexibility index (Phi) is 3.79. The van der Waals surface area contributed by atoms with Gasteiger partial charge in [0.1, 0.15) is 0 Å². The number of imide groups is 1. The molecule has 1 aliphatic rings. The van der Waals surface area contributed by atoms with Gasteiger partial charge in [-0.05, 0) is 0 Å². The maximum absolute atomic E-state index is 11.7. The van der Waals surface area contributed by atoms with Crippen LogP contribution in [0.2, 0.25) is 0 Å². The van der Waals surface area contributed by atoms with E-state index in [0.717, 1.165) is 10.7 Å². The zero-order valence-corrected chi connectivity index (χ0v) is 11.1. The third-order valence-electron chi connectivity index (χ3n) is 2.75. The number of hydrogen-bond donors (Lipinski definition) is 0. The number of halogens is 1. The van der Waals surface area contributed by atoms with Crippen LogP contribution in [0.1, 0.15) is 24.0 Å². The lowest BCUT2D eigenvalue weighted by Crippen LogP contribution is -2.32. The topological polar surface area (TPSA) is 50.3 Å². The lowest BCUT2D eigenvalue weighted by atomic mass is 10.1. The number of aromatic nitrogens is 1. The van der Waals surface area contributed by atoms with Crippen LogP contribution in [-0.2, 0) is 21.9 Å². The number of nitrogens with zero attached hydrogens (tertiary/aromatic N) is 2. The Morgan fingerprint density at radius 3 is 2.88 bits per heavy atom. The van der Waals surface area contributed by atoms with Crippen molar-refractivity contribution in [2.75, 3.05) is 6.54 Å². The Labute approximate surface area is 109 Å². The van der Waals surface area contributed by atoms with Gasteiger partial charge in [-0.3, -0.25) is 14.5 Å². The van der Waals surface area contributed by atoms with E-state index in [2.05, 4.69) is 4.98 Å². The fourth-order valence-corrected chi connectivity index (χ4v) is 2.83. The molecule has 6 heteroatoms. The lowest BCUT2D eigenvalue weighted by Gasteiger charge is -2.12. The molecule has 1 aromatic heterocycles. The Balaban J connectivity index is 1.94. The molecule has 0 spiro atoms. The smallest absolute Gasteiger partial charge is 0.232 e. The number of rotatable bonds is 4. The Bertz CT molecular complexity index is 446. The van der Waals surface area contributed by atoms with Crippen molar-refractivity contribution < 1.29 is 9.59 Å². The average Bonchev–Trinajstić information content (AvgIpc) is 2.84. The molecule has 1 fully saturated rings. The highest BCUT2D eigenvalue weighted by Crippen LogP contribution is 2.20. The Morgan fingerprint density at radius 1 is 1.59 bits per heavy atom. The van der Waals surface area contributed by atoms with E-state index in [1.54, 1.807) is 6.92 Å². The number of amides is 2. The van der Waals surface area contributed by atoms with Crippen molar-refractivity contribution >= 4 is 34.8 Å². The van der Waals surface area contributed by atoms with Gasteiger partial charge in [0.2, 0.25) is 11.8 Å². The second-order valence-electron chi connectivity index (χ2n) is 4.10. The number of alkyl halides is 1. The summed E-state index contributed by atoms with van der Waals surface area (Å²) in [5.41, 5.74) is 0.846. The predicted octanol–water partition coefficient (Wildman–Crippen LogP) is 1.82. The van der Waals surface area contributed by atoms with Crippen molar-refractivity contribution in [2.24, 2.45) is 5.92 Å². The molecular weight excluding hydrogens is 260 g/mol. The average molecular weight is 273 g/mol. The molecule has 2 heterocycles. The summed E-state index contributed by atoms with van der Waals surface area (Å²) in [5.74, 6) is 0.0905. The molecule has 17 heavy (non-hydrogen) atoms. The highest BCUT2D eigenvalue weighted by Gasteiger charge is 2.35. The molecule has 1 atom stereocenters. The number of thiazole rings is 1. The third kappa shape index (κ3) is 2.66. The maximum atomic E-state index is 11.7. The number of hydrogen-bond acceptors (Lipinski definition) is 4. The lowest BCUT2D eigenvalue weighted by molar-refractivity contribution is -0.139. The molecular formula is C11H13ClN2O2S. The molecule has 1 aromatic rings. The van der Waals surface area contributed by atoms with E-state index in [1.807, 2.05) is 5.38 Å². The van der Waals surface area contributed by atoms with E-state index in [9.17, 15) is 9.59 Å². The van der Waals surface area contributed by atoms with E-state index in [0.29, 0.717) is 25.3 Å². The summed E-state index contributed by atoms with van der Waals surface area (Å²) >= 11 is 7.17. The molecule has 0 bridgehead atoms. The van der Waals surface area contributed by atoms with Gasteiger partial charge in [0.05, 0.1) is 16.6 Å². The first-order chi connectivity index (χ1) is 8.11. The van der Waals surface area contributed by atoms with E-state index >= 15 is 0 Å². The quantitative estimate of drug-likeness (QED) is 0.621. The van der Waals surface area contributed by atoms with Crippen LogP contribution in [0.3, 0.4) is 0 Å². The monoisotopic (exact) mass is 272 g/mol. The zero-order chi connectivity index (χ0) is 12.4. The second kappa shape index (κ2) is 5.14. The maximum Gasteiger partial charge on any atom is 0.232 e. The van der Waals surface area contributed by atoms with Gasteiger partial charge in [-0.1, -0.05) is 6.92 Å². The summed E-state index contributed by atoms with van der Waals surface area (Å²) in [6.07, 6.45) is 0.954. The van der Waals surface area contributed by atoms with Crippen molar-refractivity contribution in [3.05, 3.63) is 16.1 Å². The minimum atomic E-state index is -0.169. The molecule has 92 valence electrons. The predicted molar refractivity (Wildman–Crippen MR) is 65.9 cm³/mol. The summed E-state index contributed by atoms with van der Waals surface area (Å²) in [4.78, 5) is 28.8.